The number of phenols is 2. The topological polar surface area (TPSA) is 40.5 Å². The molecule has 0 saturated heterocycles. The van der Waals surface area contributed by atoms with Crippen LogP contribution in [0, 0.1) is 0 Å². The zero-order valence-corrected chi connectivity index (χ0v) is 13.4. The van der Waals surface area contributed by atoms with E-state index in [0.29, 0.717) is 0 Å². The van der Waals surface area contributed by atoms with E-state index in [4.69, 9.17) is 0 Å². The van der Waals surface area contributed by atoms with Crippen LogP contribution in [0.2, 0.25) is 0 Å². The SMILES string of the molecule is CC(C)(CCCCCCI)c1cc(O)cc(O)c1. The van der Waals surface area contributed by atoms with E-state index in [1.807, 2.05) is 0 Å². The lowest BCUT2D eigenvalue weighted by atomic mass is 9.80. The summed E-state index contributed by atoms with van der Waals surface area (Å²) in [6, 6.07) is 4.88. The summed E-state index contributed by atoms with van der Waals surface area (Å²) in [6.07, 6.45) is 6.13. The van der Waals surface area contributed by atoms with Gasteiger partial charge in [0.15, 0.2) is 0 Å². The maximum atomic E-state index is 9.54. The Morgan fingerprint density at radius 2 is 1.50 bits per heavy atom. The quantitative estimate of drug-likeness (QED) is 0.417. The van der Waals surface area contributed by atoms with Gasteiger partial charge in [0, 0.05) is 6.07 Å². The molecule has 0 bridgehead atoms. The first kappa shape index (κ1) is 15.6. The minimum Gasteiger partial charge on any atom is -0.508 e. The fourth-order valence-electron chi connectivity index (χ4n) is 2.15. The molecule has 0 saturated carbocycles. The van der Waals surface area contributed by atoms with Gasteiger partial charge in [-0.3, -0.25) is 0 Å². The number of hydrogen-bond acceptors (Lipinski definition) is 2. The molecule has 0 unspecified atom stereocenters. The van der Waals surface area contributed by atoms with Crippen molar-refractivity contribution in [2.24, 2.45) is 0 Å². The van der Waals surface area contributed by atoms with Crippen molar-refractivity contribution in [3.63, 3.8) is 0 Å². The summed E-state index contributed by atoms with van der Waals surface area (Å²) in [4.78, 5) is 0. The largest absolute Gasteiger partial charge is 0.508 e. The molecule has 18 heavy (non-hydrogen) atoms. The average Bonchev–Trinajstić information content (AvgIpc) is 2.27. The van der Waals surface area contributed by atoms with E-state index in [9.17, 15) is 10.2 Å². The molecule has 0 aromatic heterocycles. The van der Waals surface area contributed by atoms with Gasteiger partial charge in [-0.05, 0) is 40.4 Å². The summed E-state index contributed by atoms with van der Waals surface area (Å²) >= 11 is 2.42. The first-order chi connectivity index (χ1) is 8.45. The molecule has 0 fully saturated rings. The maximum absolute atomic E-state index is 9.54. The highest BCUT2D eigenvalue weighted by Gasteiger charge is 2.21. The highest BCUT2D eigenvalue weighted by Crippen LogP contribution is 2.33. The van der Waals surface area contributed by atoms with E-state index < -0.39 is 0 Å². The van der Waals surface area contributed by atoms with Crippen LogP contribution in [-0.4, -0.2) is 14.6 Å². The van der Waals surface area contributed by atoms with Gasteiger partial charge in [0.2, 0.25) is 0 Å². The third-order valence-corrected chi connectivity index (χ3v) is 4.13. The van der Waals surface area contributed by atoms with Crippen molar-refractivity contribution in [2.75, 3.05) is 4.43 Å². The molecule has 0 aliphatic carbocycles. The molecule has 1 aromatic carbocycles. The molecule has 2 N–H and O–H groups in total. The maximum Gasteiger partial charge on any atom is 0.119 e. The van der Waals surface area contributed by atoms with Crippen molar-refractivity contribution < 1.29 is 10.2 Å². The van der Waals surface area contributed by atoms with Gasteiger partial charge in [-0.25, -0.2) is 0 Å². The Morgan fingerprint density at radius 1 is 0.944 bits per heavy atom. The van der Waals surface area contributed by atoms with Crippen molar-refractivity contribution in [3.05, 3.63) is 23.8 Å². The second kappa shape index (κ2) is 7.22. The summed E-state index contributed by atoms with van der Waals surface area (Å²) in [5.74, 6) is 0.283. The van der Waals surface area contributed by atoms with Gasteiger partial charge in [0.25, 0.3) is 0 Å². The predicted molar refractivity (Wildman–Crippen MR) is 84.8 cm³/mol. The molecule has 0 aliphatic heterocycles. The van der Waals surface area contributed by atoms with E-state index in [1.165, 1.54) is 36.2 Å². The Bertz CT molecular complexity index is 355. The van der Waals surface area contributed by atoms with Crippen LogP contribution in [0.1, 0.15) is 51.5 Å². The smallest absolute Gasteiger partial charge is 0.119 e. The molecular weight excluding hydrogens is 339 g/mol. The van der Waals surface area contributed by atoms with E-state index in [0.717, 1.165) is 12.0 Å². The summed E-state index contributed by atoms with van der Waals surface area (Å²) < 4.78 is 1.24. The normalized spacial score (nSPS) is 11.7. The van der Waals surface area contributed by atoms with E-state index >= 15 is 0 Å². The number of halogens is 1. The molecule has 3 heteroatoms. The second-order valence-electron chi connectivity index (χ2n) is 5.48. The van der Waals surface area contributed by atoms with Crippen molar-refractivity contribution >= 4 is 22.6 Å². The second-order valence-corrected chi connectivity index (χ2v) is 6.55. The first-order valence-electron chi connectivity index (χ1n) is 6.55. The summed E-state index contributed by atoms with van der Waals surface area (Å²) in [5, 5.41) is 19.1. The average molecular weight is 362 g/mol. The molecular formula is C15H23IO2. The number of benzene rings is 1. The summed E-state index contributed by atoms with van der Waals surface area (Å²) in [5.41, 5.74) is 1.01. The van der Waals surface area contributed by atoms with Gasteiger partial charge in [0.05, 0.1) is 0 Å². The molecule has 0 atom stereocenters. The van der Waals surface area contributed by atoms with Gasteiger partial charge in [-0.2, -0.15) is 0 Å². The molecule has 0 amide bonds. The number of aromatic hydroxyl groups is 2. The fraction of sp³-hybridized carbons (Fsp3) is 0.600. The van der Waals surface area contributed by atoms with Crippen LogP contribution >= 0.6 is 22.6 Å². The Balaban J connectivity index is 2.56. The molecule has 0 radical (unpaired) electrons. The minimum absolute atomic E-state index is 0.000540. The van der Waals surface area contributed by atoms with Gasteiger partial charge >= 0.3 is 0 Å². The molecule has 1 aromatic rings. The standard InChI is InChI=1S/C15H23IO2/c1-15(2,7-5-3-4-6-8-16)12-9-13(17)11-14(18)10-12/h9-11,17-18H,3-8H2,1-2H3. The molecule has 0 heterocycles. The van der Waals surface area contributed by atoms with Crippen LogP contribution in [0.25, 0.3) is 0 Å². The van der Waals surface area contributed by atoms with Gasteiger partial charge in [-0.1, -0.05) is 55.7 Å². The predicted octanol–water partition coefficient (Wildman–Crippen LogP) is 4.76. The zero-order chi connectivity index (χ0) is 13.6. The third-order valence-electron chi connectivity index (χ3n) is 3.37. The van der Waals surface area contributed by atoms with Crippen LogP contribution in [0.5, 0.6) is 11.5 Å². The first-order valence-corrected chi connectivity index (χ1v) is 8.08. The number of hydrogen-bond donors (Lipinski definition) is 2. The Kier molecular flexibility index (Phi) is 6.26. The van der Waals surface area contributed by atoms with Gasteiger partial charge < -0.3 is 10.2 Å². The minimum atomic E-state index is 0.000540. The van der Waals surface area contributed by atoms with Gasteiger partial charge in [0.1, 0.15) is 11.5 Å². The van der Waals surface area contributed by atoms with Crippen LogP contribution < -0.4 is 0 Å². The molecule has 0 aliphatic rings. The summed E-state index contributed by atoms with van der Waals surface area (Å²) in [6.45, 7) is 4.33. The zero-order valence-electron chi connectivity index (χ0n) is 11.2. The monoisotopic (exact) mass is 362 g/mol. The van der Waals surface area contributed by atoms with Crippen LogP contribution in [-0.2, 0) is 5.41 Å². The number of alkyl halides is 1. The lowest BCUT2D eigenvalue weighted by Crippen LogP contribution is -2.16. The molecule has 102 valence electrons. The Hall–Kier alpha value is -0.450. The number of rotatable bonds is 7. The van der Waals surface area contributed by atoms with Crippen molar-refractivity contribution in [3.8, 4) is 11.5 Å². The van der Waals surface area contributed by atoms with E-state index in [1.54, 1.807) is 12.1 Å². The van der Waals surface area contributed by atoms with Crippen LogP contribution in [0.4, 0.5) is 0 Å². The van der Waals surface area contributed by atoms with Crippen molar-refractivity contribution in [2.45, 2.75) is 51.4 Å². The van der Waals surface area contributed by atoms with E-state index in [2.05, 4.69) is 36.4 Å². The van der Waals surface area contributed by atoms with Gasteiger partial charge in [-0.15, -0.1) is 0 Å². The molecule has 2 nitrogen and oxygen atoms in total. The molecule has 1 rings (SSSR count). The van der Waals surface area contributed by atoms with E-state index in [-0.39, 0.29) is 16.9 Å². The van der Waals surface area contributed by atoms with Crippen LogP contribution in [0.15, 0.2) is 18.2 Å². The number of phenolic OH excluding ortho intramolecular Hbond substituents is 2. The summed E-state index contributed by atoms with van der Waals surface area (Å²) in [7, 11) is 0. The van der Waals surface area contributed by atoms with Crippen molar-refractivity contribution in [1.29, 1.82) is 0 Å². The highest BCUT2D eigenvalue weighted by atomic mass is 127. The lowest BCUT2D eigenvalue weighted by molar-refractivity contribution is 0.424. The van der Waals surface area contributed by atoms with Crippen molar-refractivity contribution in [1.82, 2.24) is 0 Å². The number of unbranched alkanes of at least 4 members (excludes halogenated alkanes) is 3. The Morgan fingerprint density at radius 3 is 2.06 bits per heavy atom. The third kappa shape index (κ3) is 5.04. The lowest BCUT2D eigenvalue weighted by Gasteiger charge is -2.25. The fourth-order valence-corrected chi connectivity index (χ4v) is 2.68. The highest BCUT2D eigenvalue weighted by molar-refractivity contribution is 14.1. The van der Waals surface area contributed by atoms with Crippen LogP contribution in [0.3, 0.4) is 0 Å². The Labute approximate surface area is 124 Å². The molecule has 0 spiro atoms.